The van der Waals surface area contributed by atoms with Crippen molar-refractivity contribution in [2.24, 2.45) is 11.7 Å². The van der Waals surface area contributed by atoms with Crippen LogP contribution < -0.4 is 11.1 Å². The molecule has 0 spiro atoms. The van der Waals surface area contributed by atoms with Crippen LogP contribution >= 0.6 is 0 Å². The van der Waals surface area contributed by atoms with Crippen LogP contribution in [0.4, 0.5) is 0 Å². The second-order valence-electron chi connectivity index (χ2n) is 4.91. The van der Waals surface area contributed by atoms with Crippen LogP contribution in [0.1, 0.15) is 46.0 Å². The molecule has 14 heavy (non-hydrogen) atoms. The zero-order valence-electron chi connectivity index (χ0n) is 9.31. The molecule has 0 aliphatic heterocycles. The molecule has 1 saturated carbocycles. The van der Waals surface area contributed by atoms with Crippen molar-refractivity contribution in [3.8, 4) is 0 Å². The number of amides is 1. The van der Waals surface area contributed by atoms with Gasteiger partial charge in [-0.2, -0.15) is 0 Å². The molecular weight excluding hydrogens is 176 g/mol. The molecule has 0 atom stereocenters. The molecule has 1 aliphatic carbocycles. The van der Waals surface area contributed by atoms with Crippen LogP contribution in [0.15, 0.2) is 0 Å². The third-order valence-corrected chi connectivity index (χ3v) is 2.95. The molecule has 3 nitrogen and oxygen atoms in total. The van der Waals surface area contributed by atoms with Crippen molar-refractivity contribution >= 4 is 5.91 Å². The van der Waals surface area contributed by atoms with Crippen molar-refractivity contribution in [3.63, 3.8) is 0 Å². The van der Waals surface area contributed by atoms with E-state index in [9.17, 15) is 4.79 Å². The van der Waals surface area contributed by atoms with Crippen molar-refractivity contribution in [1.29, 1.82) is 0 Å². The van der Waals surface area contributed by atoms with Crippen molar-refractivity contribution in [1.82, 2.24) is 5.32 Å². The molecule has 1 aliphatic rings. The van der Waals surface area contributed by atoms with Crippen LogP contribution in [-0.2, 0) is 4.79 Å². The highest BCUT2D eigenvalue weighted by molar-refractivity contribution is 5.79. The average Bonchev–Trinajstić information content (AvgIpc) is 2.19. The summed E-state index contributed by atoms with van der Waals surface area (Å²) in [5.74, 6) is 0.426. The van der Waals surface area contributed by atoms with E-state index in [1.54, 1.807) is 0 Å². The summed E-state index contributed by atoms with van der Waals surface area (Å²) >= 11 is 0. The first-order chi connectivity index (χ1) is 6.55. The fourth-order valence-electron chi connectivity index (χ4n) is 1.85. The highest BCUT2D eigenvalue weighted by atomic mass is 16.2. The molecule has 0 aromatic heterocycles. The van der Waals surface area contributed by atoms with Crippen LogP contribution in [0.5, 0.6) is 0 Å². The summed E-state index contributed by atoms with van der Waals surface area (Å²) in [5.41, 5.74) is 5.31. The number of carbonyl (C=O) groups is 1. The van der Waals surface area contributed by atoms with E-state index >= 15 is 0 Å². The quantitative estimate of drug-likeness (QED) is 0.720. The van der Waals surface area contributed by atoms with E-state index in [0.717, 1.165) is 12.8 Å². The minimum absolute atomic E-state index is 0.195. The fourth-order valence-corrected chi connectivity index (χ4v) is 1.85. The SMILES string of the molecule is CC(C)(CN)NC(=O)C1CCCCC1. The minimum Gasteiger partial charge on any atom is -0.350 e. The van der Waals surface area contributed by atoms with E-state index in [0.29, 0.717) is 6.54 Å². The Balaban J connectivity index is 2.40. The monoisotopic (exact) mass is 198 g/mol. The standard InChI is InChI=1S/C11H22N2O/c1-11(2,8-12)13-10(14)9-6-4-3-5-7-9/h9H,3-8,12H2,1-2H3,(H,13,14). The molecule has 3 heteroatoms. The molecule has 0 saturated heterocycles. The summed E-state index contributed by atoms with van der Waals surface area (Å²) in [6.45, 7) is 4.42. The maximum Gasteiger partial charge on any atom is 0.223 e. The number of hydrogen-bond donors (Lipinski definition) is 2. The fraction of sp³-hybridized carbons (Fsp3) is 0.909. The van der Waals surface area contributed by atoms with Crippen molar-refractivity contribution < 1.29 is 4.79 Å². The van der Waals surface area contributed by atoms with Gasteiger partial charge >= 0.3 is 0 Å². The van der Waals surface area contributed by atoms with Crippen molar-refractivity contribution in [2.45, 2.75) is 51.5 Å². The van der Waals surface area contributed by atoms with E-state index in [1.807, 2.05) is 13.8 Å². The highest BCUT2D eigenvalue weighted by Gasteiger charge is 2.25. The molecule has 1 fully saturated rings. The van der Waals surface area contributed by atoms with Gasteiger partial charge in [-0.15, -0.1) is 0 Å². The maximum atomic E-state index is 11.8. The summed E-state index contributed by atoms with van der Waals surface area (Å²) in [6.07, 6.45) is 5.77. The Kier molecular flexibility index (Phi) is 3.93. The third kappa shape index (κ3) is 3.29. The van der Waals surface area contributed by atoms with E-state index in [2.05, 4.69) is 5.32 Å². The van der Waals surface area contributed by atoms with Gasteiger partial charge in [0.15, 0.2) is 0 Å². The Labute approximate surface area is 86.4 Å². The molecule has 1 amide bonds. The Morgan fingerprint density at radius 3 is 2.43 bits per heavy atom. The molecule has 0 bridgehead atoms. The van der Waals surface area contributed by atoms with E-state index in [-0.39, 0.29) is 17.4 Å². The number of rotatable bonds is 3. The second-order valence-corrected chi connectivity index (χ2v) is 4.91. The molecule has 0 aromatic rings. The highest BCUT2D eigenvalue weighted by Crippen LogP contribution is 2.24. The normalized spacial score (nSPS) is 19.4. The van der Waals surface area contributed by atoms with E-state index in [4.69, 9.17) is 5.73 Å². The van der Waals surface area contributed by atoms with Gasteiger partial charge in [0.1, 0.15) is 0 Å². The lowest BCUT2D eigenvalue weighted by Crippen LogP contribution is -2.51. The molecular formula is C11H22N2O. The summed E-state index contributed by atoms with van der Waals surface area (Å²) in [4.78, 5) is 11.8. The van der Waals surface area contributed by atoms with Crippen LogP contribution in [0.25, 0.3) is 0 Å². The summed E-state index contributed by atoms with van der Waals surface area (Å²) in [7, 11) is 0. The predicted octanol–water partition coefficient (Wildman–Crippen LogP) is 1.42. The van der Waals surface area contributed by atoms with Gasteiger partial charge in [0.25, 0.3) is 0 Å². The van der Waals surface area contributed by atoms with Crippen LogP contribution in [0.3, 0.4) is 0 Å². The van der Waals surface area contributed by atoms with Gasteiger partial charge in [-0.05, 0) is 26.7 Å². The van der Waals surface area contributed by atoms with Crippen LogP contribution in [0, 0.1) is 5.92 Å². The molecule has 1 rings (SSSR count). The summed E-state index contributed by atoms with van der Waals surface area (Å²) < 4.78 is 0. The molecule has 0 heterocycles. The van der Waals surface area contributed by atoms with Gasteiger partial charge in [-0.1, -0.05) is 19.3 Å². The van der Waals surface area contributed by atoms with Gasteiger partial charge in [-0.25, -0.2) is 0 Å². The van der Waals surface area contributed by atoms with Crippen molar-refractivity contribution in [2.75, 3.05) is 6.54 Å². The number of carbonyl (C=O) groups excluding carboxylic acids is 1. The topological polar surface area (TPSA) is 55.1 Å². The first kappa shape index (κ1) is 11.5. The first-order valence-electron chi connectivity index (χ1n) is 5.57. The number of nitrogens with one attached hydrogen (secondary N) is 1. The van der Waals surface area contributed by atoms with Crippen LogP contribution in [0.2, 0.25) is 0 Å². The predicted molar refractivity (Wildman–Crippen MR) is 57.9 cm³/mol. The smallest absolute Gasteiger partial charge is 0.223 e. The summed E-state index contributed by atoms with van der Waals surface area (Å²) in [6, 6.07) is 0. The zero-order chi connectivity index (χ0) is 10.6. The molecule has 0 aromatic carbocycles. The van der Waals surface area contributed by atoms with Gasteiger partial charge < -0.3 is 11.1 Å². The van der Waals surface area contributed by atoms with Crippen LogP contribution in [-0.4, -0.2) is 18.0 Å². The second kappa shape index (κ2) is 4.78. The zero-order valence-corrected chi connectivity index (χ0v) is 9.31. The minimum atomic E-state index is -0.255. The lowest BCUT2D eigenvalue weighted by atomic mass is 9.88. The molecule has 0 radical (unpaired) electrons. The Morgan fingerprint density at radius 1 is 1.36 bits per heavy atom. The number of nitrogens with two attached hydrogens (primary N) is 1. The van der Waals surface area contributed by atoms with E-state index < -0.39 is 0 Å². The summed E-state index contributed by atoms with van der Waals surface area (Å²) in [5, 5.41) is 3.01. The molecule has 82 valence electrons. The maximum absolute atomic E-state index is 11.8. The third-order valence-electron chi connectivity index (χ3n) is 2.95. The van der Waals surface area contributed by atoms with Crippen molar-refractivity contribution in [3.05, 3.63) is 0 Å². The number of hydrogen-bond acceptors (Lipinski definition) is 2. The van der Waals surface area contributed by atoms with Gasteiger partial charge in [-0.3, -0.25) is 4.79 Å². The Hall–Kier alpha value is -0.570. The van der Waals surface area contributed by atoms with E-state index in [1.165, 1.54) is 19.3 Å². The lowest BCUT2D eigenvalue weighted by Gasteiger charge is -2.28. The Bertz CT molecular complexity index is 195. The largest absolute Gasteiger partial charge is 0.350 e. The average molecular weight is 198 g/mol. The molecule has 0 unspecified atom stereocenters. The van der Waals surface area contributed by atoms with Gasteiger partial charge in [0, 0.05) is 18.0 Å². The first-order valence-corrected chi connectivity index (χ1v) is 5.57. The van der Waals surface area contributed by atoms with Gasteiger partial charge in [0.2, 0.25) is 5.91 Å². The van der Waals surface area contributed by atoms with Gasteiger partial charge in [0.05, 0.1) is 0 Å². The molecule has 3 N–H and O–H groups in total. The Morgan fingerprint density at radius 2 is 1.93 bits per heavy atom. The lowest BCUT2D eigenvalue weighted by molar-refractivity contribution is -0.127.